The summed E-state index contributed by atoms with van der Waals surface area (Å²) >= 11 is 0. The molecular formula is C19H24FNO. The van der Waals surface area contributed by atoms with Crippen molar-refractivity contribution in [2.24, 2.45) is 0 Å². The largest absolute Gasteiger partial charge is 0.387 e. The summed E-state index contributed by atoms with van der Waals surface area (Å²) < 4.78 is 13.0. The van der Waals surface area contributed by atoms with Crippen LogP contribution in [-0.4, -0.2) is 23.1 Å². The Balaban J connectivity index is 2.00. The molecule has 3 heteroatoms. The minimum Gasteiger partial charge on any atom is -0.387 e. The van der Waals surface area contributed by atoms with Gasteiger partial charge in [-0.05, 0) is 36.2 Å². The molecule has 0 spiro atoms. The van der Waals surface area contributed by atoms with Crippen molar-refractivity contribution < 1.29 is 9.50 Å². The summed E-state index contributed by atoms with van der Waals surface area (Å²) in [6.07, 6.45) is 1.63. The fourth-order valence-electron chi connectivity index (χ4n) is 2.49. The minimum atomic E-state index is -0.596. The zero-order chi connectivity index (χ0) is 15.8. The van der Waals surface area contributed by atoms with Crippen LogP contribution in [0.4, 0.5) is 4.39 Å². The summed E-state index contributed by atoms with van der Waals surface area (Å²) in [5.74, 6) is -0.275. The van der Waals surface area contributed by atoms with Crippen LogP contribution < -0.4 is 0 Å². The summed E-state index contributed by atoms with van der Waals surface area (Å²) in [7, 11) is 0. The number of benzene rings is 2. The SMILES string of the molecule is CCCCN(Cc1ccccc1)CC(O)c1ccc(F)cc1. The molecule has 0 aliphatic carbocycles. The fraction of sp³-hybridized carbons (Fsp3) is 0.368. The Morgan fingerprint density at radius 2 is 1.73 bits per heavy atom. The van der Waals surface area contributed by atoms with Crippen molar-refractivity contribution in [2.45, 2.75) is 32.4 Å². The number of halogens is 1. The van der Waals surface area contributed by atoms with E-state index in [0.29, 0.717) is 6.54 Å². The van der Waals surface area contributed by atoms with Crippen molar-refractivity contribution >= 4 is 0 Å². The number of aliphatic hydroxyl groups is 1. The van der Waals surface area contributed by atoms with Gasteiger partial charge in [0.1, 0.15) is 5.82 Å². The Morgan fingerprint density at radius 1 is 1.05 bits per heavy atom. The first-order valence-electron chi connectivity index (χ1n) is 7.89. The molecule has 0 amide bonds. The highest BCUT2D eigenvalue weighted by atomic mass is 19.1. The maximum Gasteiger partial charge on any atom is 0.123 e. The molecule has 0 heterocycles. The summed E-state index contributed by atoms with van der Waals surface area (Å²) in [5.41, 5.74) is 2.00. The average Bonchev–Trinajstić information content (AvgIpc) is 2.54. The molecule has 2 nitrogen and oxygen atoms in total. The molecule has 1 atom stereocenters. The normalized spacial score (nSPS) is 12.5. The van der Waals surface area contributed by atoms with Gasteiger partial charge in [-0.2, -0.15) is 0 Å². The topological polar surface area (TPSA) is 23.5 Å². The van der Waals surface area contributed by atoms with Crippen LogP contribution in [0.1, 0.15) is 37.0 Å². The molecule has 2 aromatic rings. The van der Waals surface area contributed by atoms with E-state index in [0.717, 1.165) is 31.5 Å². The van der Waals surface area contributed by atoms with Gasteiger partial charge in [0, 0.05) is 13.1 Å². The van der Waals surface area contributed by atoms with Gasteiger partial charge in [0.2, 0.25) is 0 Å². The predicted octanol–water partition coefficient (Wildman–Crippen LogP) is 4.16. The number of hydrogen-bond donors (Lipinski definition) is 1. The summed E-state index contributed by atoms with van der Waals surface area (Å²) in [6, 6.07) is 16.4. The standard InChI is InChI=1S/C19H24FNO/c1-2-3-13-21(14-16-7-5-4-6-8-16)15-19(22)17-9-11-18(20)12-10-17/h4-12,19,22H,2-3,13-15H2,1H3. The molecule has 0 aromatic heterocycles. The van der Waals surface area contributed by atoms with Gasteiger partial charge in [-0.1, -0.05) is 55.8 Å². The molecule has 0 bridgehead atoms. The summed E-state index contributed by atoms with van der Waals surface area (Å²) in [4.78, 5) is 2.26. The van der Waals surface area contributed by atoms with E-state index in [9.17, 15) is 9.50 Å². The van der Waals surface area contributed by atoms with Crippen molar-refractivity contribution in [3.8, 4) is 0 Å². The molecule has 118 valence electrons. The van der Waals surface area contributed by atoms with Crippen LogP contribution in [0.15, 0.2) is 54.6 Å². The van der Waals surface area contributed by atoms with Crippen molar-refractivity contribution in [3.05, 3.63) is 71.5 Å². The Morgan fingerprint density at radius 3 is 2.36 bits per heavy atom. The molecule has 0 radical (unpaired) electrons. The van der Waals surface area contributed by atoms with Gasteiger partial charge in [-0.15, -0.1) is 0 Å². The van der Waals surface area contributed by atoms with Gasteiger partial charge < -0.3 is 5.11 Å². The van der Waals surface area contributed by atoms with E-state index >= 15 is 0 Å². The second-order valence-corrected chi connectivity index (χ2v) is 5.64. The van der Waals surface area contributed by atoms with Gasteiger partial charge in [0.15, 0.2) is 0 Å². The number of rotatable bonds is 8. The molecule has 0 fully saturated rings. The fourth-order valence-corrected chi connectivity index (χ4v) is 2.49. The first-order chi connectivity index (χ1) is 10.7. The third-order valence-corrected chi connectivity index (χ3v) is 3.76. The lowest BCUT2D eigenvalue weighted by atomic mass is 10.1. The maximum absolute atomic E-state index is 13.0. The Hall–Kier alpha value is -1.71. The number of hydrogen-bond acceptors (Lipinski definition) is 2. The third-order valence-electron chi connectivity index (χ3n) is 3.76. The van der Waals surface area contributed by atoms with E-state index in [1.807, 2.05) is 18.2 Å². The molecule has 0 saturated carbocycles. The Labute approximate surface area is 132 Å². The van der Waals surface area contributed by atoms with E-state index in [-0.39, 0.29) is 5.82 Å². The van der Waals surface area contributed by atoms with Crippen LogP contribution in [0.2, 0.25) is 0 Å². The minimum absolute atomic E-state index is 0.275. The van der Waals surface area contributed by atoms with Gasteiger partial charge >= 0.3 is 0 Å². The van der Waals surface area contributed by atoms with Crippen LogP contribution in [-0.2, 0) is 6.54 Å². The van der Waals surface area contributed by atoms with E-state index in [1.54, 1.807) is 12.1 Å². The molecule has 2 rings (SSSR count). The Bertz CT molecular complexity index is 541. The highest BCUT2D eigenvalue weighted by Crippen LogP contribution is 2.17. The second-order valence-electron chi connectivity index (χ2n) is 5.64. The lowest BCUT2D eigenvalue weighted by Crippen LogP contribution is -2.29. The molecule has 0 aliphatic rings. The van der Waals surface area contributed by atoms with Gasteiger partial charge in [-0.3, -0.25) is 4.90 Å². The number of nitrogens with zero attached hydrogens (tertiary/aromatic N) is 1. The average molecular weight is 301 g/mol. The first-order valence-corrected chi connectivity index (χ1v) is 7.89. The molecule has 22 heavy (non-hydrogen) atoms. The van der Waals surface area contributed by atoms with Gasteiger partial charge in [-0.25, -0.2) is 4.39 Å². The number of aliphatic hydroxyl groups excluding tert-OH is 1. The first kappa shape index (κ1) is 16.7. The van der Waals surface area contributed by atoms with E-state index < -0.39 is 6.10 Å². The molecular weight excluding hydrogens is 277 g/mol. The molecule has 0 saturated heterocycles. The highest BCUT2D eigenvalue weighted by Gasteiger charge is 2.14. The highest BCUT2D eigenvalue weighted by molar-refractivity contribution is 5.19. The predicted molar refractivity (Wildman–Crippen MR) is 88.0 cm³/mol. The van der Waals surface area contributed by atoms with Crippen molar-refractivity contribution in [3.63, 3.8) is 0 Å². The monoisotopic (exact) mass is 301 g/mol. The lowest BCUT2D eigenvalue weighted by molar-refractivity contribution is 0.108. The zero-order valence-corrected chi connectivity index (χ0v) is 13.1. The van der Waals surface area contributed by atoms with Crippen LogP contribution in [0.3, 0.4) is 0 Å². The maximum atomic E-state index is 13.0. The summed E-state index contributed by atoms with van der Waals surface area (Å²) in [6.45, 7) is 4.49. The zero-order valence-electron chi connectivity index (χ0n) is 13.1. The molecule has 0 aliphatic heterocycles. The van der Waals surface area contributed by atoms with E-state index in [4.69, 9.17) is 0 Å². The molecule has 1 N–H and O–H groups in total. The van der Waals surface area contributed by atoms with Crippen molar-refractivity contribution in [2.75, 3.05) is 13.1 Å². The molecule has 1 unspecified atom stereocenters. The van der Waals surface area contributed by atoms with Crippen LogP contribution >= 0.6 is 0 Å². The van der Waals surface area contributed by atoms with Crippen LogP contribution in [0, 0.1) is 5.82 Å². The third kappa shape index (κ3) is 5.24. The van der Waals surface area contributed by atoms with Crippen molar-refractivity contribution in [1.82, 2.24) is 4.90 Å². The van der Waals surface area contributed by atoms with E-state index in [1.165, 1.54) is 17.7 Å². The van der Waals surface area contributed by atoms with Gasteiger partial charge in [0.25, 0.3) is 0 Å². The lowest BCUT2D eigenvalue weighted by Gasteiger charge is -2.25. The smallest absolute Gasteiger partial charge is 0.123 e. The van der Waals surface area contributed by atoms with Gasteiger partial charge in [0.05, 0.1) is 6.10 Å². The number of unbranched alkanes of at least 4 members (excludes halogenated alkanes) is 1. The summed E-state index contributed by atoms with van der Waals surface area (Å²) in [5, 5.41) is 10.4. The Kier molecular flexibility index (Phi) is 6.56. The quantitative estimate of drug-likeness (QED) is 0.791. The van der Waals surface area contributed by atoms with Crippen LogP contribution in [0.25, 0.3) is 0 Å². The van der Waals surface area contributed by atoms with Crippen molar-refractivity contribution in [1.29, 1.82) is 0 Å². The van der Waals surface area contributed by atoms with E-state index in [2.05, 4.69) is 24.0 Å². The van der Waals surface area contributed by atoms with Crippen LogP contribution in [0.5, 0.6) is 0 Å². The second kappa shape index (κ2) is 8.66. The molecule has 2 aromatic carbocycles.